The van der Waals surface area contributed by atoms with E-state index in [1.54, 1.807) is 10.6 Å². The van der Waals surface area contributed by atoms with E-state index >= 15 is 0 Å². The van der Waals surface area contributed by atoms with Crippen molar-refractivity contribution < 1.29 is 8.78 Å². The van der Waals surface area contributed by atoms with E-state index < -0.39 is 22.9 Å². The fourth-order valence-corrected chi connectivity index (χ4v) is 3.69. The topological polar surface area (TPSA) is 61.8 Å². The van der Waals surface area contributed by atoms with Crippen LogP contribution in [0.5, 0.6) is 0 Å². The van der Waals surface area contributed by atoms with Gasteiger partial charge in [0, 0.05) is 13.1 Å². The van der Waals surface area contributed by atoms with E-state index in [1.165, 1.54) is 21.5 Å². The number of aromatic nitrogens is 4. The van der Waals surface area contributed by atoms with Crippen molar-refractivity contribution in [1.29, 1.82) is 0 Å². The Labute approximate surface area is 177 Å². The largest absolute Gasteiger partial charge is 0.337 e. The van der Waals surface area contributed by atoms with Crippen molar-refractivity contribution in [3.63, 3.8) is 0 Å². The summed E-state index contributed by atoms with van der Waals surface area (Å²) < 4.78 is 31.2. The van der Waals surface area contributed by atoms with Gasteiger partial charge < -0.3 is 4.57 Å². The number of hydrogen-bond donors (Lipinski definition) is 0. The Morgan fingerprint density at radius 3 is 2.45 bits per heavy atom. The number of hydrogen-bond acceptors (Lipinski definition) is 3. The lowest BCUT2D eigenvalue weighted by Gasteiger charge is -2.15. The second-order valence-corrected chi connectivity index (χ2v) is 8.01. The number of aryl methyl sites for hydroxylation is 1. The van der Waals surface area contributed by atoms with Gasteiger partial charge in [0.2, 0.25) is 0 Å². The van der Waals surface area contributed by atoms with E-state index in [4.69, 9.17) is 0 Å². The van der Waals surface area contributed by atoms with Crippen molar-refractivity contribution in [3.8, 4) is 5.69 Å². The minimum absolute atomic E-state index is 0.0655. The molecule has 0 fully saturated rings. The minimum atomic E-state index is -0.962. The molecule has 4 aromatic rings. The quantitative estimate of drug-likeness (QED) is 0.492. The molecule has 0 N–H and O–H groups in total. The summed E-state index contributed by atoms with van der Waals surface area (Å²) in [4.78, 5) is 31.0. The monoisotopic (exact) mass is 424 g/mol. The standard InChI is InChI=1S/C23H22F2N4O2/c1-14(2)11-28-22(30)20-21(29(23(28)31)19-7-5-4-6-15(19)3)26-13-27(20)12-16-8-9-17(24)18(25)10-16/h4-10,13-14H,11-12H2,1-3H3. The summed E-state index contributed by atoms with van der Waals surface area (Å²) in [5.74, 6) is -1.83. The smallest absolute Gasteiger partial charge is 0.320 e. The molecular weight excluding hydrogens is 402 g/mol. The van der Waals surface area contributed by atoms with Crippen LogP contribution >= 0.6 is 0 Å². The summed E-state index contributed by atoms with van der Waals surface area (Å²) >= 11 is 0. The molecule has 2 aromatic heterocycles. The van der Waals surface area contributed by atoms with Crippen LogP contribution in [-0.4, -0.2) is 18.7 Å². The highest BCUT2D eigenvalue weighted by atomic mass is 19.2. The Morgan fingerprint density at radius 1 is 1.03 bits per heavy atom. The maximum atomic E-state index is 13.7. The SMILES string of the molecule is Cc1ccccc1-n1c(=O)n(CC(C)C)c(=O)c2c1ncn2Cc1ccc(F)c(F)c1. The lowest BCUT2D eigenvalue weighted by molar-refractivity contribution is 0.488. The second kappa shape index (κ2) is 7.94. The summed E-state index contributed by atoms with van der Waals surface area (Å²) in [5, 5.41) is 0. The molecule has 0 aliphatic carbocycles. The number of halogens is 2. The van der Waals surface area contributed by atoms with Gasteiger partial charge in [0.25, 0.3) is 5.56 Å². The van der Waals surface area contributed by atoms with E-state index in [0.29, 0.717) is 11.3 Å². The van der Waals surface area contributed by atoms with Gasteiger partial charge in [-0.1, -0.05) is 38.1 Å². The Balaban J connectivity index is 2.00. The van der Waals surface area contributed by atoms with Crippen LogP contribution in [0.3, 0.4) is 0 Å². The van der Waals surface area contributed by atoms with E-state index in [1.807, 2.05) is 39.0 Å². The average molecular weight is 424 g/mol. The summed E-state index contributed by atoms with van der Waals surface area (Å²) in [5.41, 5.74) is 1.50. The normalized spacial score (nSPS) is 11.5. The van der Waals surface area contributed by atoms with Crippen LogP contribution in [0.2, 0.25) is 0 Å². The molecule has 6 nitrogen and oxygen atoms in total. The molecule has 0 unspecified atom stereocenters. The molecule has 0 bridgehead atoms. The average Bonchev–Trinajstić information content (AvgIpc) is 3.12. The highest BCUT2D eigenvalue weighted by Crippen LogP contribution is 2.18. The van der Waals surface area contributed by atoms with Gasteiger partial charge in [0.15, 0.2) is 22.8 Å². The van der Waals surface area contributed by atoms with Gasteiger partial charge in [-0.15, -0.1) is 0 Å². The Bertz CT molecular complexity index is 1400. The van der Waals surface area contributed by atoms with Crippen molar-refractivity contribution in [2.45, 2.75) is 33.9 Å². The molecule has 31 heavy (non-hydrogen) atoms. The number of fused-ring (bicyclic) bond motifs is 1. The lowest BCUT2D eigenvalue weighted by Crippen LogP contribution is -2.41. The molecule has 160 valence electrons. The van der Waals surface area contributed by atoms with Crippen molar-refractivity contribution in [2.75, 3.05) is 0 Å². The molecule has 0 saturated carbocycles. The summed E-state index contributed by atoms with van der Waals surface area (Å²) in [7, 11) is 0. The van der Waals surface area contributed by atoms with E-state index in [9.17, 15) is 18.4 Å². The van der Waals surface area contributed by atoms with Crippen LogP contribution < -0.4 is 11.2 Å². The number of para-hydroxylation sites is 1. The maximum absolute atomic E-state index is 13.7. The molecule has 0 amide bonds. The van der Waals surface area contributed by atoms with E-state index in [-0.39, 0.29) is 30.2 Å². The minimum Gasteiger partial charge on any atom is -0.320 e. The molecule has 4 rings (SSSR count). The highest BCUT2D eigenvalue weighted by molar-refractivity contribution is 5.73. The third-order valence-electron chi connectivity index (χ3n) is 5.14. The van der Waals surface area contributed by atoms with Gasteiger partial charge in [0.05, 0.1) is 12.0 Å². The number of imidazole rings is 1. The first-order chi connectivity index (χ1) is 14.8. The van der Waals surface area contributed by atoms with Crippen molar-refractivity contribution in [2.24, 2.45) is 5.92 Å². The second-order valence-electron chi connectivity index (χ2n) is 8.01. The molecule has 0 aliphatic heterocycles. The molecule has 0 aliphatic rings. The zero-order chi connectivity index (χ0) is 22.3. The van der Waals surface area contributed by atoms with Crippen molar-refractivity contribution >= 4 is 11.2 Å². The lowest BCUT2D eigenvalue weighted by atomic mass is 10.2. The van der Waals surface area contributed by atoms with Crippen molar-refractivity contribution in [1.82, 2.24) is 18.7 Å². The summed E-state index contributed by atoms with van der Waals surface area (Å²) in [6.45, 7) is 6.08. The Morgan fingerprint density at radius 2 is 1.77 bits per heavy atom. The predicted octanol–water partition coefficient (Wildman–Crippen LogP) is 3.64. The molecule has 8 heteroatoms. The highest BCUT2D eigenvalue weighted by Gasteiger charge is 2.20. The third kappa shape index (κ3) is 3.69. The van der Waals surface area contributed by atoms with Crippen molar-refractivity contribution in [3.05, 3.63) is 92.4 Å². The molecule has 0 atom stereocenters. The zero-order valence-corrected chi connectivity index (χ0v) is 17.5. The molecule has 0 spiro atoms. The fraction of sp³-hybridized carbons (Fsp3) is 0.261. The number of nitrogens with zero attached hydrogens (tertiary/aromatic N) is 4. The van der Waals surface area contributed by atoms with Crippen LogP contribution in [0.25, 0.3) is 16.9 Å². The van der Waals surface area contributed by atoms with Gasteiger partial charge in [-0.3, -0.25) is 9.36 Å². The molecule has 2 aromatic carbocycles. The summed E-state index contributed by atoms with van der Waals surface area (Å²) in [6, 6.07) is 11.0. The number of benzene rings is 2. The molecule has 0 radical (unpaired) electrons. The summed E-state index contributed by atoms with van der Waals surface area (Å²) in [6.07, 6.45) is 1.45. The van der Waals surface area contributed by atoms with Gasteiger partial charge in [-0.05, 0) is 42.2 Å². The van der Waals surface area contributed by atoms with Gasteiger partial charge in [0.1, 0.15) is 0 Å². The van der Waals surface area contributed by atoms with Gasteiger partial charge in [-0.2, -0.15) is 0 Å². The number of rotatable bonds is 5. The maximum Gasteiger partial charge on any atom is 0.337 e. The van der Waals surface area contributed by atoms with E-state index in [2.05, 4.69) is 4.98 Å². The zero-order valence-electron chi connectivity index (χ0n) is 17.5. The first-order valence-corrected chi connectivity index (χ1v) is 9.98. The fourth-order valence-electron chi connectivity index (χ4n) is 3.69. The first kappa shape index (κ1) is 20.7. The molecular formula is C23H22F2N4O2. The molecule has 2 heterocycles. The van der Waals surface area contributed by atoms with Crippen LogP contribution in [0, 0.1) is 24.5 Å². The molecule has 0 saturated heterocycles. The predicted molar refractivity (Wildman–Crippen MR) is 115 cm³/mol. The first-order valence-electron chi connectivity index (χ1n) is 9.98. The Kier molecular flexibility index (Phi) is 5.31. The van der Waals surface area contributed by atoms with Gasteiger partial charge >= 0.3 is 5.69 Å². The van der Waals surface area contributed by atoms with Crippen LogP contribution in [0.4, 0.5) is 8.78 Å². The van der Waals surface area contributed by atoms with Gasteiger partial charge in [-0.25, -0.2) is 23.1 Å². The Hall–Kier alpha value is -3.55. The van der Waals surface area contributed by atoms with Crippen LogP contribution in [-0.2, 0) is 13.1 Å². The van der Waals surface area contributed by atoms with Crippen LogP contribution in [0.15, 0.2) is 58.4 Å². The van der Waals surface area contributed by atoms with E-state index in [0.717, 1.165) is 17.7 Å². The van der Waals surface area contributed by atoms with Crippen LogP contribution in [0.1, 0.15) is 25.0 Å². The third-order valence-corrected chi connectivity index (χ3v) is 5.14.